The number of aromatic amines is 1. The number of carbonyl (C=O) groups is 1. The van der Waals surface area contributed by atoms with E-state index in [1.54, 1.807) is 6.92 Å². The molecule has 138 valence electrons. The molecule has 0 spiro atoms. The minimum Gasteiger partial charge on any atom is -0.349 e. The standard InChI is InChI=1S/C19H25N5O2/c1-4-16-21-12(3)14(19(26)24-16)9-18(25)20-10-17-22-11(2)13-7-5-6-8-15(13)23-17/h4-10H2,1-3H3,(H,20,25)(H,21,24,26). The number of nitrogens with one attached hydrogen (secondary N) is 2. The summed E-state index contributed by atoms with van der Waals surface area (Å²) in [5.74, 6) is 1.03. The smallest absolute Gasteiger partial charge is 0.254 e. The first-order valence-electron chi connectivity index (χ1n) is 9.18. The van der Waals surface area contributed by atoms with Crippen LogP contribution in [0, 0.1) is 13.8 Å². The van der Waals surface area contributed by atoms with Crippen LogP contribution in [-0.4, -0.2) is 25.8 Å². The number of H-pyrrole nitrogens is 1. The zero-order valence-corrected chi connectivity index (χ0v) is 15.6. The maximum Gasteiger partial charge on any atom is 0.254 e. The molecule has 2 aromatic heterocycles. The number of carbonyl (C=O) groups excluding carboxylic acids is 1. The summed E-state index contributed by atoms with van der Waals surface area (Å²) in [6.45, 7) is 5.95. The van der Waals surface area contributed by atoms with E-state index < -0.39 is 0 Å². The molecule has 26 heavy (non-hydrogen) atoms. The van der Waals surface area contributed by atoms with Crippen LogP contribution in [0.25, 0.3) is 0 Å². The average molecular weight is 355 g/mol. The second-order valence-electron chi connectivity index (χ2n) is 6.74. The maximum absolute atomic E-state index is 12.3. The van der Waals surface area contributed by atoms with Crippen LogP contribution in [0.5, 0.6) is 0 Å². The molecule has 7 heteroatoms. The van der Waals surface area contributed by atoms with E-state index >= 15 is 0 Å². The molecule has 0 atom stereocenters. The molecule has 0 saturated heterocycles. The number of hydrogen-bond donors (Lipinski definition) is 2. The zero-order valence-electron chi connectivity index (χ0n) is 15.6. The van der Waals surface area contributed by atoms with Crippen molar-refractivity contribution in [3.8, 4) is 0 Å². The first-order chi connectivity index (χ1) is 12.5. The first kappa shape index (κ1) is 18.2. The Morgan fingerprint density at radius 1 is 1.12 bits per heavy atom. The van der Waals surface area contributed by atoms with Crippen molar-refractivity contribution >= 4 is 5.91 Å². The first-order valence-corrected chi connectivity index (χ1v) is 9.18. The van der Waals surface area contributed by atoms with Crippen LogP contribution in [0.4, 0.5) is 0 Å². The van der Waals surface area contributed by atoms with Gasteiger partial charge >= 0.3 is 0 Å². The van der Waals surface area contributed by atoms with Crippen molar-refractivity contribution in [2.75, 3.05) is 0 Å². The van der Waals surface area contributed by atoms with Gasteiger partial charge in [0.25, 0.3) is 5.56 Å². The Labute approximate surface area is 152 Å². The van der Waals surface area contributed by atoms with Crippen LogP contribution in [0.3, 0.4) is 0 Å². The SMILES string of the molecule is CCc1nc(C)c(CC(=O)NCc2nc(C)c3c(n2)CCCC3)c(=O)[nH]1. The highest BCUT2D eigenvalue weighted by Crippen LogP contribution is 2.21. The van der Waals surface area contributed by atoms with Crippen molar-refractivity contribution in [3.63, 3.8) is 0 Å². The quantitative estimate of drug-likeness (QED) is 0.846. The van der Waals surface area contributed by atoms with Crippen LogP contribution in [0.1, 0.15) is 59.6 Å². The van der Waals surface area contributed by atoms with Gasteiger partial charge in [0.15, 0.2) is 0 Å². The fourth-order valence-corrected chi connectivity index (χ4v) is 3.37. The van der Waals surface area contributed by atoms with Crippen molar-refractivity contribution in [1.82, 2.24) is 25.3 Å². The van der Waals surface area contributed by atoms with Crippen LogP contribution < -0.4 is 10.9 Å². The molecule has 2 heterocycles. The molecule has 2 N–H and O–H groups in total. The van der Waals surface area contributed by atoms with Crippen molar-refractivity contribution in [2.24, 2.45) is 0 Å². The number of hydrogen-bond acceptors (Lipinski definition) is 5. The molecular formula is C19H25N5O2. The normalized spacial score (nSPS) is 13.3. The minimum atomic E-state index is -0.245. The van der Waals surface area contributed by atoms with Gasteiger partial charge in [0.05, 0.1) is 13.0 Å². The van der Waals surface area contributed by atoms with Crippen LogP contribution in [-0.2, 0) is 37.0 Å². The van der Waals surface area contributed by atoms with Crippen LogP contribution in [0.15, 0.2) is 4.79 Å². The summed E-state index contributed by atoms with van der Waals surface area (Å²) in [6, 6.07) is 0. The average Bonchev–Trinajstić information content (AvgIpc) is 2.63. The highest BCUT2D eigenvalue weighted by atomic mass is 16.2. The Kier molecular flexibility index (Phi) is 5.44. The molecule has 0 saturated carbocycles. The largest absolute Gasteiger partial charge is 0.349 e. The molecule has 0 aromatic carbocycles. The third-order valence-corrected chi connectivity index (χ3v) is 4.82. The van der Waals surface area contributed by atoms with Gasteiger partial charge < -0.3 is 10.3 Å². The molecule has 0 radical (unpaired) electrons. The van der Waals surface area contributed by atoms with Gasteiger partial charge in [0.2, 0.25) is 5.91 Å². The number of amides is 1. The zero-order chi connectivity index (χ0) is 18.7. The van der Waals surface area contributed by atoms with E-state index in [1.165, 1.54) is 12.0 Å². The molecular weight excluding hydrogens is 330 g/mol. The number of aryl methyl sites for hydroxylation is 4. The van der Waals surface area contributed by atoms with E-state index in [1.807, 2.05) is 13.8 Å². The Hall–Kier alpha value is -2.57. The van der Waals surface area contributed by atoms with Crippen molar-refractivity contribution in [1.29, 1.82) is 0 Å². The van der Waals surface area contributed by atoms with E-state index in [0.717, 1.165) is 30.7 Å². The fraction of sp³-hybridized carbons (Fsp3) is 0.526. The minimum absolute atomic E-state index is 0.00207. The van der Waals surface area contributed by atoms with Crippen LogP contribution >= 0.6 is 0 Å². The summed E-state index contributed by atoms with van der Waals surface area (Å²) >= 11 is 0. The van der Waals surface area contributed by atoms with Gasteiger partial charge in [-0.25, -0.2) is 15.0 Å². The number of rotatable bonds is 5. The predicted molar refractivity (Wildman–Crippen MR) is 97.9 cm³/mol. The lowest BCUT2D eigenvalue weighted by Crippen LogP contribution is -2.30. The van der Waals surface area contributed by atoms with Gasteiger partial charge in [-0.2, -0.15) is 0 Å². The highest BCUT2D eigenvalue weighted by Gasteiger charge is 2.16. The molecule has 0 fully saturated rings. The lowest BCUT2D eigenvalue weighted by Gasteiger charge is -2.17. The van der Waals surface area contributed by atoms with Crippen molar-refractivity contribution in [3.05, 3.63) is 50.2 Å². The molecule has 0 unspecified atom stereocenters. The Morgan fingerprint density at radius 2 is 1.88 bits per heavy atom. The van der Waals surface area contributed by atoms with E-state index in [-0.39, 0.29) is 24.4 Å². The summed E-state index contributed by atoms with van der Waals surface area (Å²) < 4.78 is 0. The summed E-state index contributed by atoms with van der Waals surface area (Å²) in [4.78, 5) is 40.6. The van der Waals surface area contributed by atoms with Crippen molar-refractivity contribution < 1.29 is 4.79 Å². The van der Waals surface area contributed by atoms with Crippen molar-refractivity contribution in [2.45, 2.75) is 65.8 Å². The predicted octanol–water partition coefficient (Wildman–Crippen LogP) is 1.48. The molecule has 0 aliphatic heterocycles. The molecule has 3 rings (SSSR count). The number of fused-ring (bicyclic) bond motifs is 1. The Bertz CT molecular complexity index is 888. The van der Waals surface area contributed by atoms with Gasteiger partial charge in [-0.05, 0) is 45.1 Å². The van der Waals surface area contributed by atoms with E-state index in [2.05, 4.69) is 25.3 Å². The third kappa shape index (κ3) is 3.98. The molecule has 2 aromatic rings. The summed E-state index contributed by atoms with van der Waals surface area (Å²) in [6.07, 6.45) is 5.00. The summed E-state index contributed by atoms with van der Waals surface area (Å²) in [5.41, 5.74) is 4.13. The molecule has 1 amide bonds. The Balaban J connectivity index is 1.67. The Morgan fingerprint density at radius 3 is 2.62 bits per heavy atom. The fourth-order valence-electron chi connectivity index (χ4n) is 3.37. The molecule has 7 nitrogen and oxygen atoms in total. The monoisotopic (exact) mass is 355 g/mol. The third-order valence-electron chi connectivity index (χ3n) is 4.82. The van der Waals surface area contributed by atoms with Gasteiger partial charge in [-0.1, -0.05) is 6.92 Å². The van der Waals surface area contributed by atoms with Gasteiger partial charge in [-0.15, -0.1) is 0 Å². The topological polar surface area (TPSA) is 101 Å². The van der Waals surface area contributed by atoms with E-state index in [9.17, 15) is 9.59 Å². The maximum atomic E-state index is 12.3. The van der Waals surface area contributed by atoms with E-state index in [0.29, 0.717) is 29.3 Å². The van der Waals surface area contributed by atoms with Crippen LogP contribution in [0.2, 0.25) is 0 Å². The summed E-state index contributed by atoms with van der Waals surface area (Å²) in [7, 11) is 0. The second-order valence-corrected chi connectivity index (χ2v) is 6.74. The lowest BCUT2D eigenvalue weighted by molar-refractivity contribution is -0.120. The second kappa shape index (κ2) is 7.76. The number of nitrogens with zero attached hydrogens (tertiary/aromatic N) is 3. The van der Waals surface area contributed by atoms with Gasteiger partial charge in [0.1, 0.15) is 11.6 Å². The molecule has 1 aliphatic carbocycles. The van der Waals surface area contributed by atoms with Gasteiger partial charge in [0, 0.05) is 29.1 Å². The molecule has 1 aliphatic rings. The summed E-state index contributed by atoms with van der Waals surface area (Å²) in [5, 5.41) is 2.82. The lowest BCUT2D eigenvalue weighted by atomic mass is 9.95. The molecule has 0 bridgehead atoms. The van der Waals surface area contributed by atoms with E-state index in [4.69, 9.17) is 0 Å². The number of aromatic nitrogens is 4. The van der Waals surface area contributed by atoms with Gasteiger partial charge in [-0.3, -0.25) is 9.59 Å². The highest BCUT2D eigenvalue weighted by molar-refractivity contribution is 5.78.